The van der Waals surface area contributed by atoms with Crippen LogP contribution in [0, 0.1) is 0 Å². The van der Waals surface area contributed by atoms with Gasteiger partial charge in [0.25, 0.3) is 0 Å². The van der Waals surface area contributed by atoms with Crippen molar-refractivity contribution in [2.75, 3.05) is 27.4 Å². The fraction of sp³-hybridized carbons (Fsp3) is 0.571. The molecule has 1 rings (SSSR count). The van der Waals surface area contributed by atoms with Crippen molar-refractivity contribution in [3.63, 3.8) is 0 Å². The van der Waals surface area contributed by atoms with Crippen molar-refractivity contribution < 1.29 is 18.9 Å². The van der Waals surface area contributed by atoms with Crippen molar-refractivity contribution in [3.05, 3.63) is 35.4 Å². The Balaban J connectivity index is 2.50. The summed E-state index contributed by atoms with van der Waals surface area (Å²) in [7, 11) is 14.6. The molecule has 20 heavy (non-hydrogen) atoms. The van der Waals surface area contributed by atoms with E-state index in [4.69, 9.17) is 34.6 Å². The third-order valence-electron chi connectivity index (χ3n) is 2.69. The first-order valence-electron chi connectivity index (χ1n) is 6.46. The van der Waals surface area contributed by atoms with Gasteiger partial charge in [0.05, 0.1) is 26.4 Å². The van der Waals surface area contributed by atoms with Gasteiger partial charge in [0.15, 0.2) is 0 Å². The van der Waals surface area contributed by atoms with Gasteiger partial charge in [-0.3, -0.25) is 0 Å². The number of benzene rings is 1. The van der Waals surface area contributed by atoms with Crippen LogP contribution in [0.3, 0.4) is 0 Å². The van der Waals surface area contributed by atoms with Gasteiger partial charge in [-0.05, 0) is 11.1 Å². The Morgan fingerprint density at radius 3 is 1.60 bits per heavy atom. The maximum Gasteiger partial charge on any atom is 0.112 e. The summed E-state index contributed by atoms with van der Waals surface area (Å²) < 4.78 is 20.9. The molecule has 0 spiro atoms. The Morgan fingerprint density at radius 1 is 0.850 bits per heavy atom. The van der Waals surface area contributed by atoms with Crippen molar-refractivity contribution in [2.24, 2.45) is 0 Å². The molecule has 1 aromatic carbocycles. The molecule has 0 aromatic heterocycles. The second-order valence-corrected chi connectivity index (χ2v) is 4.38. The van der Waals surface area contributed by atoms with E-state index >= 15 is 0 Å². The zero-order valence-corrected chi connectivity index (χ0v) is 12.1. The van der Waals surface area contributed by atoms with Crippen LogP contribution in [0.2, 0.25) is 0 Å². The fourth-order valence-electron chi connectivity index (χ4n) is 1.66. The van der Waals surface area contributed by atoms with Crippen molar-refractivity contribution in [2.45, 2.75) is 25.2 Å². The first-order valence-corrected chi connectivity index (χ1v) is 6.46. The highest BCUT2D eigenvalue weighted by atomic mass is 16.5. The monoisotopic (exact) mass is 274 g/mol. The van der Waals surface area contributed by atoms with Crippen LogP contribution in [-0.4, -0.2) is 55.1 Å². The molecule has 0 aliphatic heterocycles. The molecule has 0 saturated heterocycles. The quantitative estimate of drug-likeness (QED) is 0.596. The maximum absolute atomic E-state index is 5.73. The molecule has 0 aliphatic rings. The summed E-state index contributed by atoms with van der Waals surface area (Å²) >= 11 is 0. The fourth-order valence-corrected chi connectivity index (χ4v) is 1.66. The minimum atomic E-state index is -0.440. The van der Waals surface area contributed by atoms with Gasteiger partial charge in [-0.1, -0.05) is 24.3 Å². The lowest BCUT2D eigenvalue weighted by Gasteiger charge is -2.17. The summed E-state index contributed by atoms with van der Waals surface area (Å²) in [6.45, 7) is 1.53. The summed E-state index contributed by atoms with van der Waals surface area (Å²) in [5, 5.41) is 0. The molecule has 0 amide bonds. The Bertz CT molecular complexity index is 341. The van der Waals surface area contributed by atoms with E-state index in [2.05, 4.69) is 0 Å². The van der Waals surface area contributed by atoms with E-state index in [9.17, 15) is 0 Å². The van der Waals surface area contributed by atoms with Crippen LogP contribution in [0.1, 0.15) is 11.1 Å². The first kappa shape index (κ1) is 17.2. The van der Waals surface area contributed by atoms with E-state index < -0.39 is 12.0 Å². The molecule has 0 heterocycles. The molecule has 2 atom stereocenters. The second-order valence-electron chi connectivity index (χ2n) is 4.38. The number of ether oxygens (including phenoxy) is 4. The molecular weight excluding hydrogens is 254 g/mol. The molecule has 106 valence electrons. The minimum absolute atomic E-state index is 0.359. The lowest BCUT2D eigenvalue weighted by Crippen LogP contribution is -2.20. The SMILES string of the molecule is [B]C(COC)OCc1ccccc1COC([B])COC. The Morgan fingerprint density at radius 2 is 1.25 bits per heavy atom. The smallest absolute Gasteiger partial charge is 0.112 e. The number of methoxy groups -OCH3 is 2. The minimum Gasteiger partial charge on any atom is -0.383 e. The molecule has 0 N–H and O–H groups in total. The van der Waals surface area contributed by atoms with E-state index in [0.717, 1.165) is 11.1 Å². The molecule has 2 unspecified atom stereocenters. The van der Waals surface area contributed by atoms with Crippen LogP contribution in [-0.2, 0) is 32.2 Å². The molecule has 6 heteroatoms. The zero-order chi connectivity index (χ0) is 14.8. The highest BCUT2D eigenvalue weighted by Gasteiger charge is 2.07. The predicted molar refractivity (Wildman–Crippen MR) is 78.9 cm³/mol. The summed E-state index contributed by atoms with van der Waals surface area (Å²) in [4.78, 5) is 0. The number of hydrogen-bond donors (Lipinski definition) is 0. The van der Waals surface area contributed by atoms with Gasteiger partial charge in [0.2, 0.25) is 0 Å². The molecule has 4 nitrogen and oxygen atoms in total. The van der Waals surface area contributed by atoms with Crippen LogP contribution in [0.15, 0.2) is 24.3 Å². The van der Waals surface area contributed by atoms with Gasteiger partial charge < -0.3 is 18.9 Å². The Hall–Kier alpha value is -0.810. The van der Waals surface area contributed by atoms with Gasteiger partial charge in [0, 0.05) is 26.2 Å². The maximum atomic E-state index is 5.73. The van der Waals surface area contributed by atoms with Crippen molar-refractivity contribution in [3.8, 4) is 0 Å². The average molecular weight is 274 g/mol. The molecule has 0 fully saturated rings. The number of rotatable bonds is 10. The summed E-state index contributed by atoms with van der Waals surface area (Å²) in [5.41, 5.74) is 2.03. The van der Waals surface area contributed by atoms with E-state index in [1.807, 2.05) is 24.3 Å². The van der Waals surface area contributed by atoms with Crippen molar-refractivity contribution >= 4 is 15.7 Å². The standard InChI is InChI=1S/C14H20B2O4/c1-17-9-13(15)19-7-11-5-3-4-6-12(11)8-20-14(16)10-18-2/h3-6,13-14H,7-10H2,1-2H3. The average Bonchev–Trinajstić information content (AvgIpc) is 2.44. The molecular formula is C14H20B2O4. The van der Waals surface area contributed by atoms with Crippen LogP contribution < -0.4 is 0 Å². The normalized spacial score (nSPS) is 14.1. The molecule has 0 saturated carbocycles. The van der Waals surface area contributed by atoms with Gasteiger partial charge in [0.1, 0.15) is 15.7 Å². The lowest BCUT2D eigenvalue weighted by molar-refractivity contribution is 0.0271. The largest absolute Gasteiger partial charge is 0.383 e. The zero-order valence-electron chi connectivity index (χ0n) is 12.1. The summed E-state index contributed by atoms with van der Waals surface area (Å²) in [6.07, 6.45) is 0. The van der Waals surface area contributed by atoms with E-state index in [0.29, 0.717) is 26.4 Å². The third-order valence-corrected chi connectivity index (χ3v) is 2.69. The molecule has 0 bridgehead atoms. The summed E-state index contributed by atoms with van der Waals surface area (Å²) in [6, 6.07) is 6.95. The van der Waals surface area contributed by atoms with Crippen LogP contribution >= 0.6 is 0 Å². The van der Waals surface area contributed by atoms with Crippen LogP contribution in [0.25, 0.3) is 0 Å². The topological polar surface area (TPSA) is 36.9 Å². The van der Waals surface area contributed by atoms with E-state index in [1.54, 1.807) is 14.2 Å². The highest BCUT2D eigenvalue weighted by molar-refractivity contribution is 6.11. The van der Waals surface area contributed by atoms with Gasteiger partial charge in [-0.2, -0.15) is 0 Å². The van der Waals surface area contributed by atoms with Gasteiger partial charge in [-0.25, -0.2) is 0 Å². The molecule has 1 aromatic rings. The summed E-state index contributed by atoms with van der Waals surface area (Å²) in [5.74, 6) is 0. The first-order chi connectivity index (χ1) is 9.67. The van der Waals surface area contributed by atoms with Crippen LogP contribution in [0.4, 0.5) is 0 Å². The van der Waals surface area contributed by atoms with E-state index in [-0.39, 0.29) is 0 Å². The Kier molecular flexibility index (Phi) is 8.62. The van der Waals surface area contributed by atoms with Crippen molar-refractivity contribution in [1.29, 1.82) is 0 Å². The van der Waals surface area contributed by atoms with Gasteiger partial charge >= 0.3 is 0 Å². The van der Waals surface area contributed by atoms with Crippen molar-refractivity contribution in [1.82, 2.24) is 0 Å². The highest BCUT2D eigenvalue weighted by Crippen LogP contribution is 2.13. The molecule has 4 radical (unpaired) electrons. The predicted octanol–water partition coefficient (Wildman–Crippen LogP) is 1.00. The van der Waals surface area contributed by atoms with Gasteiger partial charge in [-0.15, -0.1) is 0 Å². The number of hydrogen-bond acceptors (Lipinski definition) is 4. The van der Waals surface area contributed by atoms with Crippen LogP contribution in [0.5, 0.6) is 0 Å². The van der Waals surface area contributed by atoms with E-state index in [1.165, 1.54) is 0 Å². The molecule has 0 aliphatic carbocycles. The lowest BCUT2D eigenvalue weighted by atomic mass is 10.0. The third kappa shape index (κ3) is 6.57. The second kappa shape index (κ2) is 9.99. The Labute approximate surface area is 123 Å².